The largest absolute Gasteiger partial charge is 0.383 e. The molecular weight excluding hydrogens is 172 g/mol. The summed E-state index contributed by atoms with van der Waals surface area (Å²) in [5, 5.41) is 3.48. The van der Waals surface area contributed by atoms with Crippen LogP contribution < -0.4 is 5.32 Å². The van der Waals surface area contributed by atoms with Gasteiger partial charge in [0, 0.05) is 18.3 Å². The number of rotatable bonds is 3. The topological polar surface area (TPSA) is 15.3 Å². The second kappa shape index (κ2) is 4.47. The van der Waals surface area contributed by atoms with Crippen LogP contribution in [0.4, 0.5) is 5.69 Å². The number of likely N-dealkylation sites (tertiary alicyclic amines) is 1. The van der Waals surface area contributed by atoms with Gasteiger partial charge in [-0.15, -0.1) is 0 Å². The van der Waals surface area contributed by atoms with E-state index in [-0.39, 0.29) is 0 Å². The lowest BCUT2D eigenvalue weighted by atomic mass is 10.2. The molecule has 0 amide bonds. The van der Waals surface area contributed by atoms with Crippen LogP contribution in [0.25, 0.3) is 0 Å². The van der Waals surface area contributed by atoms with E-state index in [4.69, 9.17) is 0 Å². The maximum atomic E-state index is 3.48. The minimum atomic E-state index is 0.718. The minimum Gasteiger partial charge on any atom is -0.383 e. The van der Waals surface area contributed by atoms with Crippen LogP contribution in [0.1, 0.15) is 12.8 Å². The molecule has 1 aromatic carbocycles. The number of nitrogens with one attached hydrogen (secondary N) is 1. The summed E-state index contributed by atoms with van der Waals surface area (Å²) in [4.78, 5) is 2.44. The lowest BCUT2D eigenvalue weighted by Crippen LogP contribution is -2.31. The first kappa shape index (κ1) is 9.53. The predicted molar refractivity (Wildman–Crippen MR) is 60.6 cm³/mol. The van der Waals surface area contributed by atoms with Gasteiger partial charge in [0.1, 0.15) is 0 Å². The fourth-order valence-corrected chi connectivity index (χ4v) is 2.03. The molecule has 1 aromatic rings. The van der Waals surface area contributed by atoms with Crippen LogP contribution in [0.5, 0.6) is 0 Å². The molecule has 76 valence electrons. The van der Waals surface area contributed by atoms with Gasteiger partial charge < -0.3 is 10.2 Å². The van der Waals surface area contributed by atoms with Crippen molar-refractivity contribution < 1.29 is 0 Å². The van der Waals surface area contributed by atoms with Crippen molar-refractivity contribution in [2.45, 2.75) is 18.9 Å². The third kappa shape index (κ3) is 2.26. The van der Waals surface area contributed by atoms with E-state index < -0.39 is 0 Å². The molecular formula is C12H18N2. The highest BCUT2D eigenvalue weighted by molar-refractivity contribution is 5.42. The maximum absolute atomic E-state index is 3.48. The van der Waals surface area contributed by atoms with Gasteiger partial charge in [0.2, 0.25) is 0 Å². The molecule has 2 rings (SSSR count). The average molecular weight is 190 g/mol. The van der Waals surface area contributed by atoms with E-state index in [0.717, 1.165) is 12.6 Å². The Morgan fingerprint density at radius 1 is 1.36 bits per heavy atom. The number of nitrogens with zero attached hydrogens (tertiary/aromatic N) is 1. The number of likely N-dealkylation sites (N-methyl/N-ethyl adjacent to an activating group) is 1. The Morgan fingerprint density at radius 3 is 2.79 bits per heavy atom. The summed E-state index contributed by atoms with van der Waals surface area (Å²) in [6, 6.07) is 11.1. The third-order valence-corrected chi connectivity index (χ3v) is 2.99. The smallest absolute Gasteiger partial charge is 0.0340 e. The Labute approximate surface area is 85.9 Å². The van der Waals surface area contributed by atoms with E-state index in [2.05, 4.69) is 41.5 Å². The van der Waals surface area contributed by atoms with Crippen molar-refractivity contribution in [3.8, 4) is 0 Å². The van der Waals surface area contributed by atoms with E-state index in [0.29, 0.717) is 0 Å². The Hall–Kier alpha value is -1.02. The summed E-state index contributed by atoms with van der Waals surface area (Å²) >= 11 is 0. The van der Waals surface area contributed by atoms with Gasteiger partial charge in [0.25, 0.3) is 0 Å². The summed E-state index contributed by atoms with van der Waals surface area (Å²) < 4.78 is 0. The molecule has 1 aliphatic heterocycles. The van der Waals surface area contributed by atoms with E-state index >= 15 is 0 Å². The average Bonchev–Trinajstić information content (AvgIpc) is 2.63. The van der Waals surface area contributed by atoms with Gasteiger partial charge in [0.15, 0.2) is 0 Å². The molecule has 1 atom stereocenters. The van der Waals surface area contributed by atoms with Crippen LogP contribution in [0, 0.1) is 0 Å². The monoisotopic (exact) mass is 190 g/mol. The highest BCUT2D eigenvalue weighted by Crippen LogP contribution is 2.15. The molecule has 0 saturated carbocycles. The fourth-order valence-electron chi connectivity index (χ4n) is 2.03. The molecule has 0 spiro atoms. The molecule has 0 bridgehead atoms. The van der Waals surface area contributed by atoms with Gasteiger partial charge in [0.05, 0.1) is 0 Å². The zero-order valence-electron chi connectivity index (χ0n) is 8.74. The predicted octanol–water partition coefficient (Wildman–Crippen LogP) is 2.19. The lowest BCUT2D eigenvalue weighted by molar-refractivity contribution is 0.322. The molecule has 1 fully saturated rings. The molecule has 2 heteroatoms. The third-order valence-electron chi connectivity index (χ3n) is 2.99. The van der Waals surface area contributed by atoms with Crippen LogP contribution >= 0.6 is 0 Å². The van der Waals surface area contributed by atoms with Gasteiger partial charge in [-0.2, -0.15) is 0 Å². The molecule has 0 radical (unpaired) electrons. The molecule has 0 aliphatic carbocycles. The fraction of sp³-hybridized carbons (Fsp3) is 0.500. The Kier molecular flexibility index (Phi) is 3.04. The summed E-state index contributed by atoms with van der Waals surface area (Å²) in [7, 11) is 2.21. The number of benzene rings is 1. The Balaban J connectivity index is 1.82. The van der Waals surface area contributed by atoms with E-state index in [9.17, 15) is 0 Å². The van der Waals surface area contributed by atoms with E-state index in [1.165, 1.54) is 25.1 Å². The molecule has 1 N–H and O–H groups in total. The second-order valence-electron chi connectivity index (χ2n) is 4.02. The molecule has 1 aliphatic rings. The second-order valence-corrected chi connectivity index (χ2v) is 4.02. The van der Waals surface area contributed by atoms with Crippen molar-refractivity contribution in [1.29, 1.82) is 0 Å². The Bertz CT molecular complexity index is 271. The van der Waals surface area contributed by atoms with Gasteiger partial charge in [-0.1, -0.05) is 18.2 Å². The van der Waals surface area contributed by atoms with Crippen molar-refractivity contribution >= 4 is 5.69 Å². The first-order valence-corrected chi connectivity index (χ1v) is 5.35. The van der Waals surface area contributed by atoms with E-state index in [1.54, 1.807) is 0 Å². The van der Waals surface area contributed by atoms with Crippen molar-refractivity contribution in [3.05, 3.63) is 30.3 Å². The quantitative estimate of drug-likeness (QED) is 0.786. The molecule has 1 saturated heterocycles. The van der Waals surface area contributed by atoms with Gasteiger partial charge in [-0.05, 0) is 38.6 Å². The highest BCUT2D eigenvalue weighted by atomic mass is 15.2. The van der Waals surface area contributed by atoms with Gasteiger partial charge in [-0.25, -0.2) is 0 Å². The van der Waals surface area contributed by atoms with Crippen molar-refractivity contribution in [3.63, 3.8) is 0 Å². The summed E-state index contributed by atoms with van der Waals surface area (Å²) in [5.74, 6) is 0. The van der Waals surface area contributed by atoms with Crippen molar-refractivity contribution in [1.82, 2.24) is 4.90 Å². The molecule has 1 heterocycles. The van der Waals surface area contributed by atoms with Crippen LogP contribution in [-0.2, 0) is 0 Å². The van der Waals surface area contributed by atoms with Crippen molar-refractivity contribution in [2.24, 2.45) is 0 Å². The van der Waals surface area contributed by atoms with Gasteiger partial charge >= 0.3 is 0 Å². The number of anilines is 1. The summed E-state index contributed by atoms with van der Waals surface area (Å²) in [6.07, 6.45) is 2.67. The first-order chi connectivity index (χ1) is 6.86. The number of hydrogen-bond donors (Lipinski definition) is 1. The molecule has 14 heavy (non-hydrogen) atoms. The highest BCUT2D eigenvalue weighted by Gasteiger charge is 2.19. The Morgan fingerprint density at radius 2 is 2.14 bits per heavy atom. The normalized spacial score (nSPS) is 22.5. The number of hydrogen-bond acceptors (Lipinski definition) is 2. The van der Waals surface area contributed by atoms with Crippen LogP contribution in [0.3, 0.4) is 0 Å². The standard InChI is InChI=1S/C12H18N2/c1-14-9-5-8-12(14)10-13-11-6-3-2-4-7-11/h2-4,6-7,12-13H,5,8-10H2,1H3/t12-/m0/s1. The zero-order chi connectivity index (χ0) is 9.80. The first-order valence-electron chi connectivity index (χ1n) is 5.35. The zero-order valence-corrected chi connectivity index (χ0v) is 8.74. The summed E-state index contributed by atoms with van der Waals surface area (Å²) in [6.45, 7) is 2.32. The van der Waals surface area contributed by atoms with E-state index in [1.807, 2.05) is 6.07 Å². The van der Waals surface area contributed by atoms with Gasteiger partial charge in [-0.3, -0.25) is 0 Å². The lowest BCUT2D eigenvalue weighted by Gasteiger charge is -2.20. The maximum Gasteiger partial charge on any atom is 0.0340 e. The van der Waals surface area contributed by atoms with Crippen molar-refractivity contribution in [2.75, 3.05) is 25.5 Å². The summed E-state index contributed by atoms with van der Waals surface area (Å²) in [5.41, 5.74) is 1.23. The van der Waals surface area contributed by atoms with Crippen LogP contribution in [-0.4, -0.2) is 31.1 Å². The molecule has 2 nitrogen and oxygen atoms in total. The van der Waals surface area contributed by atoms with Crippen LogP contribution in [0.15, 0.2) is 30.3 Å². The number of para-hydroxylation sites is 1. The minimum absolute atomic E-state index is 0.718. The molecule has 0 unspecified atom stereocenters. The SMILES string of the molecule is CN1CCC[C@H]1CNc1ccccc1. The molecule has 0 aromatic heterocycles. The van der Waals surface area contributed by atoms with Crippen LogP contribution in [0.2, 0.25) is 0 Å².